The largest absolute Gasteiger partial charge is 0.369 e. The molecule has 1 rings (SSSR count). The summed E-state index contributed by atoms with van der Waals surface area (Å²) in [5, 5.41) is 3.25. The van der Waals surface area contributed by atoms with E-state index >= 15 is 0 Å². The number of hydrogen-bond acceptors (Lipinski definition) is 5. The Kier molecular flexibility index (Phi) is 6.37. The van der Waals surface area contributed by atoms with E-state index in [1.165, 1.54) is 0 Å². The van der Waals surface area contributed by atoms with E-state index in [1.54, 1.807) is 0 Å². The van der Waals surface area contributed by atoms with E-state index in [9.17, 15) is 18.0 Å². The summed E-state index contributed by atoms with van der Waals surface area (Å²) in [6, 6.07) is 0.155. The number of rotatable bonds is 8. The molecule has 1 atom stereocenters. The van der Waals surface area contributed by atoms with Gasteiger partial charge in [-0.05, 0) is 25.8 Å². The molecule has 0 aromatic carbocycles. The van der Waals surface area contributed by atoms with E-state index in [2.05, 4.69) is 5.32 Å². The molecule has 0 saturated carbocycles. The molecule has 1 aliphatic rings. The summed E-state index contributed by atoms with van der Waals surface area (Å²) in [6.07, 6.45) is 3.54. The second kappa shape index (κ2) is 7.55. The van der Waals surface area contributed by atoms with Gasteiger partial charge in [0.05, 0.1) is 18.8 Å². The highest BCUT2D eigenvalue weighted by atomic mass is 32.2. The topological polar surface area (TPSA) is 136 Å². The van der Waals surface area contributed by atoms with Crippen LogP contribution in [0.3, 0.4) is 0 Å². The van der Waals surface area contributed by atoms with Crippen molar-refractivity contribution in [3.05, 3.63) is 0 Å². The first-order valence-corrected chi connectivity index (χ1v) is 8.20. The quantitative estimate of drug-likeness (QED) is 0.482. The smallest absolute Gasteiger partial charge is 0.232 e. The lowest BCUT2D eigenvalue weighted by Gasteiger charge is -2.25. The fourth-order valence-electron chi connectivity index (χ4n) is 2.19. The van der Waals surface area contributed by atoms with Gasteiger partial charge in [-0.1, -0.05) is 6.42 Å². The van der Waals surface area contributed by atoms with E-state index < -0.39 is 34.9 Å². The van der Waals surface area contributed by atoms with Gasteiger partial charge in [0.25, 0.3) is 0 Å². The Labute approximate surface area is 118 Å². The van der Waals surface area contributed by atoms with Crippen LogP contribution in [0.4, 0.5) is 0 Å². The van der Waals surface area contributed by atoms with Crippen molar-refractivity contribution in [1.29, 1.82) is 0 Å². The first kappa shape index (κ1) is 16.9. The summed E-state index contributed by atoms with van der Waals surface area (Å²) in [5.74, 6) is -1.76. The molecule has 1 fully saturated rings. The minimum Gasteiger partial charge on any atom is -0.369 e. The minimum absolute atomic E-state index is 0.134. The number of primary amides is 2. The maximum absolute atomic E-state index is 12.1. The molecule has 20 heavy (non-hydrogen) atoms. The Morgan fingerprint density at radius 1 is 1.15 bits per heavy atom. The molecule has 8 nitrogen and oxygen atoms in total. The third kappa shape index (κ3) is 5.85. The van der Waals surface area contributed by atoms with Crippen LogP contribution < -0.4 is 16.8 Å². The van der Waals surface area contributed by atoms with Crippen LogP contribution in [0.25, 0.3) is 0 Å². The molecule has 1 heterocycles. The zero-order valence-corrected chi connectivity index (χ0v) is 12.2. The average molecular weight is 306 g/mol. The molecular weight excluding hydrogens is 284 g/mol. The highest BCUT2D eigenvalue weighted by molar-refractivity contribution is 7.89. The third-order valence-electron chi connectivity index (χ3n) is 3.19. The van der Waals surface area contributed by atoms with Crippen LogP contribution in [0.15, 0.2) is 0 Å². The van der Waals surface area contributed by atoms with E-state index in [0.717, 1.165) is 30.1 Å². The molecule has 1 aliphatic heterocycles. The number of nitrogens with zero attached hydrogens (tertiary/aromatic N) is 1. The van der Waals surface area contributed by atoms with Crippen molar-refractivity contribution in [2.75, 3.05) is 25.4 Å². The van der Waals surface area contributed by atoms with E-state index in [-0.39, 0.29) is 11.8 Å². The van der Waals surface area contributed by atoms with Crippen LogP contribution in [0.2, 0.25) is 0 Å². The molecule has 9 heteroatoms. The van der Waals surface area contributed by atoms with Gasteiger partial charge in [-0.25, -0.2) is 8.42 Å². The molecule has 116 valence electrons. The van der Waals surface area contributed by atoms with Crippen LogP contribution >= 0.6 is 0 Å². The maximum Gasteiger partial charge on any atom is 0.232 e. The van der Waals surface area contributed by atoms with Crippen LogP contribution in [0, 0.1) is 0 Å². The molecule has 0 aliphatic carbocycles. The zero-order chi connectivity index (χ0) is 15.2. The maximum atomic E-state index is 12.1. The second-order valence-electron chi connectivity index (χ2n) is 4.95. The normalized spacial score (nSPS) is 19.9. The summed E-state index contributed by atoms with van der Waals surface area (Å²) in [4.78, 5) is 21.8. The molecule has 1 unspecified atom stereocenters. The molecule has 1 saturated heterocycles. The lowest BCUT2D eigenvalue weighted by molar-refractivity contribution is -0.120. The van der Waals surface area contributed by atoms with Gasteiger partial charge in [0.15, 0.2) is 0 Å². The molecule has 5 N–H and O–H groups in total. The van der Waals surface area contributed by atoms with Gasteiger partial charge in [0.1, 0.15) is 0 Å². The monoisotopic (exact) mass is 306 g/mol. The van der Waals surface area contributed by atoms with Crippen molar-refractivity contribution in [3.8, 4) is 0 Å². The van der Waals surface area contributed by atoms with Gasteiger partial charge >= 0.3 is 0 Å². The van der Waals surface area contributed by atoms with Gasteiger partial charge in [-0.3, -0.25) is 9.59 Å². The number of nitrogens with one attached hydrogen (secondary N) is 1. The second-order valence-corrected chi connectivity index (χ2v) is 7.04. The SMILES string of the molecule is NC(=O)CN(CC(N)=O)S(=O)(=O)CCC1CCCCN1. The predicted molar refractivity (Wildman–Crippen MR) is 74.0 cm³/mol. The fourth-order valence-corrected chi connectivity index (χ4v) is 3.68. The Hall–Kier alpha value is -1.19. The van der Waals surface area contributed by atoms with Gasteiger partial charge in [-0.15, -0.1) is 0 Å². The van der Waals surface area contributed by atoms with E-state index in [0.29, 0.717) is 6.42 Å². The van der Waals surface area contributed by atoms with Crippen molar-refractivity contribution in [2.24, 2.45) is 11.5 Å². The van der Waals surface area contributed by atoms with Crippen molar-refractivity contribution >= 4 is 21.8 Å². The highest BCUT2D eigenvalue weighted by Gasteiger charge is 2.26. The summed E-state index contributed by atoms with van der Waals surface area (Å²) in [5.41, 5.74) is 9.99. The van der Waals surface area contributed by atoms with Gasteiger partial charge in [0, 0.05) is 6.04 Å². The third-order valence-corrected chi connectivity index (χ3v) is 4.99. The van der Waals surface area contributed by atoms with Crippen molar-refractivity contribution in [1.82, 2.24) is 9.62 Å². The fraction of sp³-hybridized carbons (Fsp3) is 0.818. The van der Waals surface area contributed by atoms with Crippen LogP contribution in [-0.4, -0.2) is 56.0 Å². The van der Waals surface area contributed by atoms with Crippen LogP contribution in [-0.2, 0) is 19.6 Å². The van der Waals surface area contributed by atoms with Crippen molar-refractivity contribution in [2.45, 2.75) is 31.7 Å². The van der Waals surface area contributed by atoms with Crippen LogP contribution in [0.1, 0.15) is 25.7 Å². The highest BCUT2D eigenvalue weighted by Crippen LogP contribution is 2.12. The Morgan fingerprint density at radius 3 is 2.20 bits per heavy atom. The van der Waals surface area contributed by atoms with Gasteiger partial charge < -0.3 is 16.8 Å². The molecule has 0 radical (unpaired) electrons. The molecular formula is C11H22N4O4S. The number of piperidine rings is 1. The minimum atomic E-state index is -3.72. The first-order valence-electron chi connectivity index (χ1n) is 6.59. The van der Waals surface area contributed by atoms with E-state index in [4.69, 9.17) is 11.5 Å². The molecule has 2 amide bonds. The van der Waals surface area contributed by atoms with Crippen LogP contribution in [0.5, 0.6) is 0 Å². The number of nitrogens with two attached hydrogens (primary N) is 2. The summed E-state index contributed by atoms with van der Waals surface area (Å²) >= 11 is 0. The summed E-state index contributed by atoms with van der Waals surface area (Å²) in [6.45, 7) is -0.163. The number of carbonyl (C=O) groups is 2. The molecule has 0 aromatic rings. The summed E-state index contributed by atoms with van der Waals surface area (Å²) in [7, 11) is -3.72. The summed E-state index contributed by atoms with van der Waals surface area (Å²) < 4.78 is 25.0. The lowest BCUT2D eigenvalue weighted by Crippen LogP contribution is -2.45. The standard InChI is InChI=1S/C11H22N4O4S/c12-10(16)7-15(8-11(13)17)20(18,19)6-4-9-3-1-2-5-14-9/h9,14H,1-8H2,(H2,12,16)(H2,13,17). The molecule has 0 spiro atoms. The average Bonchev–Trinajstić information content (AvgIpc) is 2.36. The van der Waals surface area contributed by atoms with Crippen molar-refractivity contribution in [3.63, 3.8) is 0 Å². The number of hydrogen-bond donors (Lipinski definition) is 3. The van der Waals surface area contributed by atoms with Gasteiger partial charge in [-0.2, -0.15) is 4.31 Å². The number of amides is 2. The van der Waals surface area contributed by atoms with Gasteiger partial charge in [0.2, 0.25) is 21.8 Å². The number of sulfonamides is 1. The Morgan fingerprint density at radius 2 is 1.75 bits per heavy atom. The van der Waals surface area contributed by atoms with E-state index in [1.807, 2.05) is 0 Å². The predicted octanol–water partition coefficient (Wildman–Crippen LogP) is -1.88. The zero-order valence-electron chi connectivity index (χ0n) is 11.4. The van der Waals surface area contributed by atoms with Crippen molar-refractivity contribution < 1.29 is 18.0 Å². The number of carbonyl (C=O) groups excluding carboxylic acids is 2. The Bertz CT molecular complexity index is 429. The Balaban J connectivity index is 2.61. The lowest BCUT2D eigenvalue weighted by atomic mass is 10.0. The first-order chi connectivity index (χ1) is 9.31. The molecule has 0 aromatic heterocycles. The molecule has 0 bridgehead atoms.